The number of nitrogens with one attached hydrogen (secondary N) is 1. The van der Waals surface area contributed by atoms with E-state index in [0.717, 1.165) is 10.0 Å². The highest BCUT2D eigenvalue weighted by atomic mass is 79.9. The van der Waals surface area contributed by atoms with Crippen LogP contribution in [0.25, 0.3) is 0 Å². The predicted molar refractivity (Wildman–Crippen MR) is 58.4 cm³/mol. The topological polar surface area (TPSA) is 49.3 Å². The molecule has 1 aromatic rings. The second-order valence-electron chi connectivity index (χ2n) is 2.97. The minimum absolute atomic E-state index is 0.429. The molecule has 0 spiro atoms. The monoisotopic (exact) mass is 257 g/mol. The second-order valence-corrected chi connectivity index (χ2v) is 3.82. The molecule has 0 aliphatic heterocycles. The van der Waals surface area contributed by atoms with Gasteiger partial charge in [0.2, 0.25) is 0 Å². The Hall–Kier alpha value is -0.870. The van der Waals surface area contributed by atoms with Gasteiger partial charge in [-0.25, -0.2) is 0 Å². The zero-order chi connectivity index (χ0) is 10.6. The highest BCUT2D eigenvalue weighted by molar-refractivity contribution is 9.10. The van der Waals surface area contributed by atoms with E-state index in [1.54, 1.807) is 7.05 Å². The highest BCUT2D eigenvalue weighted by Gasteiger charge is 2.20. The summed E-state index contributed by atoms with van der Waals surface area (Å²) in [5.41, 5.74) is 0.800. The third-order valence-electron chi connectivity index (χ3n) is 1.99. The van der Waals surface area contributed by atoms with Gasteiger partial charge >= 0.3 is 5.97 Å². The van der Waals surface area contributed by atoms with Crippen molar-refractivity contribution in [2.24, 2.45) is 0 Å². The van der Waals surface area contributed by atoms with Gasteiger partial charge < -0.3 is 10.4 Å². The molecule has 0 heterocycles. The van der Waals surface area contributed by atoms with Crippen LogP contribution in [0.3, 0.4) is 0 Å². The van der Waals surface area contributed by atoms with E-state index in [-0.39, 0.29) is 0 Å². The lowest BCUT2D eigenvalue weighted by atomic mass is 9.99. The molecule has 0 aromatic heterocycles. The zero-order valence-corrected chi connectivity index (χ0v) is 9.41. The third kappa shape index (κ3) is 2.56. The van der Waals surface area contributed by atoms with Crippen LogP contribution in [0.1, 0.15) is 11.5 Å². The van der Waals surface area contributed by atoms with Gasteiger partial charge in [-0.1, -0.05) is 34.1 Å². The number of carbonyl (C=O) groups is 1. The van der Waals surface area contributed by atoms with E-state index in [9.17, 15) is 4.79 Å². The van der Waals surface area contributed by atoms with E-state index in [2.05, 4.69) is 21.2 Å². The molecule has 4 heteroatoms. The molecule has 0 saturated heterocycles. The molecular weight excluding hydrogens is 246 g/mol. The van der Waals surface area contributed by atoms with Crippen molar-refractivity contribution >= 4 is 21.9 Å². The number of carboxylic acid groups (broad SMARTS) is 1. The van der Waals surface area contributed by atoms with Gasteiger partial charge in [0.15, 0.2) is 0 Å². The standard InChI is InChI=1S/C10H12BrNO2/c1-12-6-8(10(13)14)7-4-2-3-5-9(7)11/h2-5,8,12H,6H2,1H3,(H,13,14). The Kier molecular flexibility index (Phi) is 4.10. The van der Waals surface area contributed by atoms with E-state index < -0.39 is 11.9 Å². The van der Waals surface area contributed by atoms with Gasteiger partial charge in [0, 0.05) is 11.0 Å². The molecule has 0 radical (unpaired) electrons. The maximum atomic E-state index is 11.0. The van der Waals surface area contributed by atoms with Crippen LogP contribution in [0.4, 0.5) is 0 Å². The molecular formula is C10H12BrNO2. The van der Waals surface area contributed by atoms with Gasteiger partial charge in [-0.2, -0.15) is 0 Å². The van der Waals surface area contributed by atoms with Gasteiger partial charge in [-0.15, -0.1) is 0 Å². The van der Waals surface area contributed by atoms with Crippen molar-refractivity contribution in [3.63, 3.8) is 0 Å². The maximum Gasteiger partial charge on any atom is 0.312 e. The number of likely N-dealkylation sites (N-methyl/N-ethyl adjacent to an activating group) is 1. The molecule has 0 saturated carbocycles. The quantitative estimate of drug-likeness (QED) is 0.866. The van der Waals surface area contributed by atoms with Crippen LogP contribution < -0.4 is 5.32 Å². The molecule has 1 unspecified atom stereocenters. The molecule has 3 nitrogen and oxygen atoms in total. The van der Waals surface area contributed by atoms with Gasteiger partial charge in [-0.3, -0.25) is 4.79 Å². The fourth-order valence-corrected chi connectivity index (χ4v) is 1.85. The van der Waals surface area contributed by atoms with E-state index in [1.165, 1.54) is 0 Å². The predicted octanol–water partition coefficient (Wildman–Crippen LogP) is 1.84. The van der Waals surface area contributed by atoms with Crippen LogP contribution in [0, 0.1) is 0 Å². The number of carboxylic acids is 1. The minimum Gasteiger partial charge on any atom is -0.481 e. The van der Waals surface area contributed by atoms with E-state index in [0.29, 0.717) is 6.54 Å². The molecule has 0 bridgehead atoms. The lowest BCUT2D eigenvalue weighted by Gasteiger charge is -2.13. The van der Waals surface area contributed by atoms with E-state index >= 15 is 0 Å². The van der Waals surface area contributed by atoms with Crippen LogP contribution in [0.15, 0.2) is 28.7 Å². The average molecular weight is 258 g/mol. The van der Waals surface area contributed by atoms with Crippen LogP contribution in [-0.4, -0.2) is 24.7 Å². The fourth-order valence-electron chi connectivity index (χ4n) is 1.29. The molecule has 0 fully saturated rings. The SMILES string of the molecule is CNCC(C(=O)O)c1ccccc1Br. The Morgan fingerprint density at radius 3 is 2.71 bits per heavy atom. The Labute approximate surface area is 91.3 Å². The van der Waals surface area contributed by atoms with Gasteiger partial charge in [0.05, 0.1) is 5.92 Å². The van der Waals surface area contributed by atoms with Crippen molar-refractivity contribution < 1.29 is 9.90 Å². The summed E-state index contributed by atoms with van der Waals surface area (Å²) in [6.07, 6.45) is 0. The first-order valence-corrected chi connectivity index (χ1v) is 5.08. The lowest BCUT2D eigenvalue weighted by molar-refractivity contribution is -0.138. The van der Waals surface area contributed by atoms with Crippen molar-refractivity contribution in [1.29, 1.82) is 0 Å². The molecule has 0 amide bonds. The van der Waals surface area contributed by atoms with E-state index in [4.69, 9.17) is 5.11 Å². The number of halogens is 1. The second kappa shape index (κ2) is 5.12. The first-order chi connectivity index (χ1) is 6.66. The summed E-state index contributed by atoms with van der Waals surface area (Å²) in [6, 6.07) is 7.37. The third-order valence-corrected chi connectivity index (χ3v) is 2.71. The van der Waals surface area contributed by atoms with Gasteiger partial charge in [-0.05, 0) is 18.7 Å². The Morgan fingerprint density at radius 2 is 2.21 bits per heavy atom. The molecule has 14 heavy (non-hydrogen) atoms. The minimum atomic E-state index is -0.814. The highest BCUT2D eigenvalue weighted by Crippen LogP contribution is 2.24. The lowest BCUT2D eigenvalue weighted by Crippen LogP contribution is -2.24. The summed E-state index contributed by atoms with van der Waals surface area (Å²) in [5.74, 6) is -1.32. The van der Waals surface area contributed by atoms with Crippen LogP contribution >= 0.6 is 15.9 Å². The Bertz CT molecular complexity index is 328. The number of rotatable bonds is 4. The Balaban J connectivity index is 2.99. The van der Waals surface area contributed by atoms with Crippen molar-refractivity contribution in [1.82, 2.24) is 5.32 Å². The summed E-state index contributed by atoms with van der Waals surface area (Å²) in [5, 5.41) is 11.9. The molecule has 76 valence electrons. The molecule has 0 aliphatic carbocycles. The van der Waals surface area contributed by atoms with Crippen molar-refractivity contribution in [3.8, 4) is 0 Å². The number of hydrogen-bond acceptors (Lipinski definition) is 2. The zero-order valence-electron chi connectivity index (χ0n) is 7.83. The van der Waals surface area contributed by atoms with E-state index in [1.807, 2.05) is 24.3 Å². The molecule has 1 atom stereocenters. The maximum absolute atomic E-state index is 11.0. The molecule has 1 rings (SSSR count). The van der Waals surface area contributed by atoms with Crippen molar-refractivity contribution in [2.75, 3.05) is 13.6 Å². The van der Waals surface area contributed by atoms with Crippen LogP contribution in [0.5, 0.6) is 0 Å². The summed E-state index contributed by atoms with van der Waals surface area (Å²) >= 11 is 3.34. The van der Waals surface area contributed by atoms with Crippen LogP contribution in [-0.2, 0) is 4.79 Å². The number of aliphatic carboxylic acids is 1. The number of hydrogen-bond donors (Lipinski definition) is 2. The largest absolute Gasteiger partial charge is 0.481 e. The first-order valence-electron chi connectivity index (χ1n) is 4.28. The average Bonchev–Trinajstić information content (AvgIpc) is 2.15. The Morgan fingerprint density at radius 1 is 1.57 bits per heavy atom. The smallest absolute Gasteiger partial charge is 0.312 e. The van der Waals surface area contributed by atoms with Gasteiger partial charge in [0.1, 0.15) is 0 Å². The van der Waals surface area contributed by atoms with Gasteiger partial charge in [0.25, 0.3) is 0 Å². The summed E-state index contributed by atoms with van der Waals surface area (Å²) in [4.78, 5) is 11.0. The summed E-state index contributed by atoms with van der Waals surface area (Å²) in [7, 11) is 1.74. The normalized spacial score (nSPS) is 12.4. The van der Waals surface area contributed by atoms with Crippen molar-refractivity contribution in [3.05, 3.63) is 34.3 Å². The van der Waals surface area contributed by atoms with Crippen molar-refractivity contribution in [2.45, 2.75) is 5.92 Å². The summed E-state index contributed by atoms with van der Waals surface area (Å²) in [6.45, 7) is 0.429. The first kappa shape index (κ1) is 11.2. The van der Waals surface area contributed by atoms with Crippen LogP contribution in [0.2, 0.25) is 0 Å². The number of benzene rings is 1. The fraction of sp³-hybridized carbons (Fsp3) is 0.300. The summed E-state index contributed by atoms with van der Waals surface area (Å²) < 4.78 is 0.836. The molecule has 1 aromatic carbocycles. The molecule has 2 N–H and O–H groups in total. The molecule has 0 aliphatic rings.